The normalized spacial score (nSPS) is 13.1. The fraction of sp³-hybridized carbons (Fsp3) is 0.467. The van der Waals surface area contributed by atoms with Crippen LogP contribution in [0.2, 0.25) is 0 Å². The molecule has 98 valence electrons. The Morgan fingerprint density at radius 1 is 1.39 bits per heavy atom. The van der Waals surface area contributed by atoms with E-state index in [1.807, 2.05) is 6.08 Å². The fourth-order valence-electron chi connectivity index (χ4n) is 2.00. The summed E-state index contributed by atoms with van der Waals surface area (Å²) in [7, 11) is 0. The van der Waals surface area contributed by atoms with Gasteiger partial charge in [0.2, 0.25) is 0 Å². The summed E-state index contributed by atoms with van der Waals surface area (Å²) in [5, 5.41) is 3.38. The van der Waals surface area contributed by atoms with Gasteiger partial charge in [0, 0.05) is 19.5 Å². The third kappa shape index (κ3) is 3.86. The smallest absolute Gasteiger partial charge is 0.122 e. The average Bonchev–Trinajstić information content (AvgIpc) is 2.85. The van der Waals surface area contributed by atoms with E-state index in [0.29, 0.717) is 0 Å². The zero-order valence-corrected chi connectivity index (χ0v) is 10.8. The van der Waals surface area contributed by atoms with Crippen molar-refractivity contribution < 1.29 is 9.47 Å². The Morgan fingerprint density at radius 2 is 2.33 bits per heavy atom. The van der Waals surface area contributed by atoms with Crippen LogP contribution in [0.4, 0.5) is 0 Å². The second kappa shape index (κ2) is 7.19. The van der Waals surface area contributed by atoms with Crippen molar-refractivity contribution in [2.24, 2.45) is 0 Å². The molecule has 1 aromatic carbocycles. The van der Waals surface area contributed by atoms with Crippen molar-refractivity contribution in [1.82, 2.24) is 5.32 Å². The van der Waals surface area contributed by atoms with Gasteiger partial charge in [-0.15, -0.1) is 6.58 Å². The maximum atomic E-state index is 5.49. The van der Waals surface area contributed by atoms with E-state index < -0.39 is 0 Å². The molecule has 0 radical (unpaired) electrons. The first kappa shape index (κ1) is 13.1. The van der Waals surface area contributed by atoms with Crippen molar-refractivity contribution in [3.05, 3.63) is 42.0 Å². The molecule has 3 heteroatoms. The van der Waals surface area contributed by atoms with E-state index >= 15 is 0 Å². The van der Waals surface area contributed by atoms with Crippen LogP contribution < -0.4 is 10.1 Å². The molecule has 18 heavy (non-hydrogen) atoms. The molecule has 0 spiro atoms. The average molecular weight is 247 g/mol. The predicted molar refractivity (Wildman–Crippen MR) is 73.0 cm³/mol. The van der Waals surface area contributed by atoms with Crippen LogP contribution in [0, 0.1) is 0 Å². The number of hydrogen-bond acceptors (Lipinski definition) is 3. The second-order valence-corrected chi connectivity index (χ2v) is 4.41. The second-order valence-electron chi connectivity index (χ2n) is 4.41. The molecule has 0 fully saturated rings. The number of hydrogen-bond donors (Lipinski definition) is 1. The molecular weight excluding hydrogens is 226 g/mol. The van der Waals surface area contributed by atoms with Gasteiger partial charge in [0.1, 0.15) is 5.75 Å². The standard InChI is InChI=1S/C15H21NO2/c1-2-3-8-17-10-7-16-12-13-4-5-15-14(11-13)6-9-18-15/h2,4-5,11,16H,1,3,6-10,12H2. The molecule has 1 N–H and O–H groups in total. The van der Waals surface area contributed by atoms with Gasteiger partial charge in [-0.1, -0.05) is 18.2 Å². The van der Waals surface area contributed by atoms with Crippen molar-refractivity contribution >= 4 is 0 Å². The Hall–Kier alpha value is -1.32. The highest BCUT2D eigenvalue weighted by molar-refractivity contribution is 5.39. The largest absolute Gasteiger partial charge is 0.493 e. The summed E-state index contributed by atoms with van der Waals surface area (Å²) in [4.78, 5) is 0. The van der Waals surface area contributed by atoms with Gasteiger partial charge in [-0.2, -0.15) is 0 Å². The summed E-state index contributed by atoms with van der Waals surface area (Å²) < 4.78 is 10.9. The van der Waals surface area contributed by atoms with Crippen molar-refractivity contribution in [3.8, 4) is 5.75 Å². The van der Waals surface area contributed by atoms with Crippen LogP contribution in [-0.4, -0.2) is 26.4 Å². The van der Waals surface area contributed by atoms with E-state index in [-0.39, 0.29) is 0 Å². The molecule has 1 heterocycles. The summed E-state index contributed by atoms with van der Waals surface area (Å²) in [5.74, 6) is 1.05. The monoisotopic (exact) mass is 247 g/mol. The van der Waals surface area contributed by atoms with Gasteiger partial charge in [0.25, 0.3) is 0 Å². The van der Waals surface area contributed by atoms with Gasteiger partial charge in [0.15, 0.2) is 0 Å². The molecule has 0 saturated heterocycles. The van der Waals surface area contributed by atoms with Crippen LogP contribution in [0.3, 0.4) is 0 Å². The molecule has 0 unspecified atom stereocenters. The lowest BCUT2D eigenvalue weighted by Crippen LogP contribution is -2.19. The van der Waals surface area contributed by atoms with Crippen LogP contribution in [0.5, 0.6) is 5.75 Å². The maximum absolute atomic E-state index is 5.49. The quantitative estimate of drug-likeness (QED) is 0.565. The van der Waals surface area contributed by atoms with Gasteiger partial charge in [0.05, 0.1) is 19.8 Å². The first-order valence-electron chi connectivity index (χ1n) is 6.54. The van der Waals surface area contributed by atoms with E-state index in [9.17, 15) is 0 Å². The number of fused-ring (bicyclic) bond motifs is 1. The third-order valence-corrected chi connectivity index (χ3v) is 2.97. The van der Waals surface area contributed by atoms with E-state index in [0.717, 1.165) is 51.5 Å². The minimum Gasteiger partial charge on any atom is -0.493 e. The lowest BCUT2D eigenvalue weighted by atomic mass is 10.1. The molecule has 0 saturated carbocycles. The van der Waals surface area contributed by atoms with E-state index in [4.69, 9.17) is 9.47 Å². The minimum absolute atomic E-state index is 0.752. The zero-order chi connectivity index (χ0) is 12.6. The van der Waals surface area contributed by atoms with Gasteiger partial charge >= 0.3 is 0 Å². The third-order valence-electron chi connectivity index (χ3n) is 2.97. The summed E-state index contributed by atoms with van der Waals surface area (Å²) in [5.41, 5.74) is 2.64. The van der Waals surface area contributed by atoms with Crippen molar-refractivity contribution in [3.63, 3.8) is 0 Å². The van der Waals surface area contributed by atoms with E-state index in [1.54, 1.807) is 0 Å². The highest BCUT2D eigenvalue weighted by Gasteiger charge is 2.11. The minimum atomic E-state index is 0.752. The maximum Gasteiger partial charge on any atom is 0.122 e. The van der Waals surface area contributed by atoms with E-state index in [1.165, 1.54) is 11.1 Å². The summed E-state index contributed by atoms with van der Waals surface area (Å²) >= 11 is 0. The predicted octanol–water partition coefficient (Wildman–Crippen LogP) is 2.30. The molecule has 3 nitrogen and oxygen atoms in total. The van der Waals surface area contributed by atoms with Crippen molar-refractivity contribution in [2.45, 2.75) is 19.4 Å². The van der Waals surface area contributed by atoms with Crippen LogP contribution in [0.25, 0.3) is 0 Å². The Kier molecular flexibility index (Phi) is 5.24. The van der Waals surface area contributed by atoms with Gasteiger partial charge in [-0.3, -0.25) is 0 Å². The van der Waals surface area contributed by atoms with Crippen LogP contribution in [0.15, 0.2) is 30.9 Å². The van der Waals surface area contributed by atoms with Crippen LogP contribution >= 0.6 is 0 Å². The highest BCUT2D eigenvalue weighted by atomic mass is 16.5. The van der Waals surface area contributed by atoms with Gasteiger partial charge in [-0.25, -0.2) is 0 Å². The molecule has 1 aromatic rings. The zero-order valence-electron chi connectivity index (χ0n) is 10.8. The molecule has 0 atom stereocenters. The Balaban J connectivity index is 1.63. The lowest BCUT2D eigenvalue weighted by molar-refractivity contribution is 0.140. The van der Waals surface area contributed by atoms with Crippen LogP contribution in [-0.2, 0) is 17.7 Å². The first-order chi connectivity index (χ1) is 8.90. The molecule has 0 amide bonds. The van der Waals surface area contributed by atoms with Gasteiger partial charge in [-0.05, 0) is 23.6 Å². The Bertz CT molecular complexity index is 390. The summed E-state index contributed by atoms with van der Waals surface area (Å²) in [6.07, 6.45) is 3.83. The molecule has 0 aliphatic carbocycles. The summed E-state index contributed by atoms with van der Waals surface area (Å²) in [6.45, 7) is 7.76. The fourth-order valence-corrected chi connectivity index (χ4v) is 2.00. The van der Waals surface area contributed by atoms with Crippen LogP contribution in [0.1, 0.15) is 17.5 Å². The van der Waals surface area contributed by atoms with Crippen molar-refractivity contribution in [2.75, 3.05) is 26.4 Å². The number of rotatable bonds is 8. The number of benzene rings is 1. The molecule has 0 aromatic heterocycles. The molecule has 1 aliphatic heterocycles. The molecular formula is C15H21NO2. The summed E-state index contributed by atoms with van der Waals surface area (Å²) in [6, 6.07) is 6.42. The Labute approximate surface area is 109 Å². The SMILES string of the molecule is C=CCCOCCNCc1ccc2c(c1)CCO2. The van der Waals surface area contributed by atoms with Crippen molar-refractivity contribution in [1.29, 1.82) is 0 Å². The molecule has 2 rings (SSSR count). The molecule has 0 bridgehead atoms. The van der Waals surface area contributed by atoms with Gasteiger partial charge < -0.3 is 14.8 Å². The topological polar surface area (TPSA) is 30.5 Å². The Morgan fingerprint density at radius 3 is 3.22 bits per heavy atom. The highest BCUT2D eigenvalue weighted by Crippen LogP contribution is 2.25. The molecule has 1 aliphatic rings. The first-order valence-corrected chi connectivity index (χ1v) is 6.54. The number of nitrogens with one attached hydrogen (secondary N) is 1. The lowest BCUT2D eigenvalue weighted by Gasteiger charge is -2.07. The van der Waals surface area contributed by atoms with E-state index in [2.05, 4.69) is 30.1 Å². The number of ether oxygens (including phenoxy) is 2.